The molecule has 0 heterocycles. The molecule has 3 rings (SSSR count). The van der Waals surface area contributed by atoms with E-state index in [9.17, 15) is 39.3 Å². The molecular weight excluding hydrogens is 568 g/mol. The van der Waals surface area contributed by atoms with E-state index in [-0.39, 0.29) is 31.4 Å². The molecule has 4 unspecified atom stereocenters. The van der Waals surface area contributed by atoms with Crippen LogP contribution in [0.4, 0.5) is 0 Å². The number of rotatable bonds is 16. The van der Waals surface area contributed by atoms with Crippen molar-refractivity contribution in [1.29, 1.82) is 0 Å². The van der Waals surface area contributed by atoms with Crippen molar-refractivity contribution in [2.75, 3.05) is 0 Å². The van der Waals surface area contributed by atoms with Gasteiger partial charge in [-0.2, -0.15) is 0 Å². The van der Waals surface area contributed by atoms with E-state index in [1.807, 2.05) is 0 Å². The van der Waals surface area contributed by atoms with E-state index in [1.54, 1.807) is 72.8 Å². The second-order valence-corrected chi connectivity index (χ2v) is 10.3. The van der Waals surface area contributed by atoms with Gasteiger partial charge in [-0.15, -0.1) is 0 Å². The minimum Gasteiger partial charge on any atom is -0.508 e. The van der Waals surface area contributed by atoms with Gasteiger partial charge in [0.05, 0.1) is 6.04 Å². The summed E-state index contributed by atoms with van der Waals surface area (Å²) < 4.78 is 0. The molecule has 0 saturated carbocycles. The Morgan fingerprint density at radius 1 is 0.591 bits per heavy atom. The van der Waals surface area contributed by atoms with E-state index >= 15 is 0 Å². The third-order valence-electron chi connectivity index (χ3n) is 6.82. The van der Waals surface area contributed by atoms with Gasteiger partial charge >= 0.3 is 11.9 Å². The standard InChI is InChI=1S/C32H36N4O8/c33-24(17-22-11-13-23(37)14-12-22)29(40)34-25(15-16-28(38)39)30(41)35-26(18-20-7-3-1-4-8-20)31(42)36-27(32(43)44)19-21-9-5-2-6-10-21/h1-14,24-27,37H,15-19,33H2,(H,34,40)(H,35,41)(H,36,42)(H,38,39)(H,43,44). The van der Waals surface area contributed by atoms with Gasteiger partial charge in [0.25, 0.3) is 0 Å². The van der Waals surface area contributed by atoms with Crippen LogP contribution in [0, 0.1) is 0 Å². The molecule has 3 aromatic rings. The number of hydrogen-bond acceptors (Lipinski definition) is 7. The van der Waals surface area contributed by atoms with Gasteiger partial charge in [0.2, 0.25) is 17.7 Å². The number of carboxylic acid groups (broad SMARTS) is 2. The molecule has 0 aliphatic carbocycles. The average molecular weight is 605 g/mol. The normalized spacial score (nSPS) is 13.5. The minimum absolute atomic E-state index is 0.00392. The van der Waals surface area contributed by atoms with Gasteiger partial charge in [0.15, 0.2) is 0 Å². The molecule has 0 aliphatic rings. The van der Waals surface area contributed by atoms with Crippen LogP contribution in [0.25, 0.3) is 0 Å². The first-order valence-corrected chi connectivity index (χ1v) is 14.0. The van der Waals surface area contributed by atoms with Gasteiger partial charge in [-0.1, -0.05) is 72.8 Å². The molecule has 232 valence electrons. The van der Waals surface area contributed by atoms with Crippen LogP contribution >= 0.6 is 0 Å². The Kier molecular flexibility index (Phi) is 12.4. The van der Waals surface area contributed by atoms with Crippen molar-refractivity contribution in [2.45, 2.75) is 56.3 Å². The van der Waals surface area contributed by atoms with Gasteiger partial charge in [-0.25, -0.2) is 4.79 Å². The fourth-order valence-electron chi connectivity index (χ4n) is 4.45. The van der Waals surface area contributed by atoms with Crippen LogP contribution < -0.4 is 21.7 Å². The third kappa shape index (κ3) is 10.9. The third-order valence-corrected chi connectivity index (χ3v) is 6.82. The van der Waals surface area contributed by atoms with E-state index in [0.717, 1.165) is 0 Å². The SMILES string of the molecule is NC(Cc1ccc(O)cc1)C(=O)NC(CCC(=O)O)C(=O)NC(Cc1ccccc1)C(=O)NC(Cc1ccccc1)C(=O)O. The Hall–Kier alpha value is -5.23. The zero-order chi connectivity index (χ0) is 32.1. The quantitative estimate of drug-likeness (QED) is 0.125. The van der Waals surface area contributed by atoms with Crippen molar-refractivity contribution in [3.63, 3.8) is 0 Å². The molecule has 0 spiro atoms. The smallest absolute Gasteiger partial charge is 0.326 e. The van der Waals surface area contributed by atoms with E-state index in [0.29, 0.717) is 16.7 Å². The number of amides is 3. The van der Waals surface area contributed by atoms with Crippen LogP contribution in [0.3, 0.4) is 0 Å². The number of carbonyl (C=O) groups excluding carboxylic acids is 3. The summed E-state index contributed by atoms with van der Waals surface area (Å²) >= 11 is 0. The molecule has 0 saturated heterocycles. The number of phenols is 1. The molecule has 4 atom stereocenters. The van der Waals surface area contributed by atoms with Crippen LogP contribution in [-0.2, 0) is 43.2 Å². The number of hydrogen-bond donors (Lipinski definition) is 7. The maximum absolute atomic E-state index is 13.4. The van der Waals surface area contributed by atoms with Crippen LogP contribution in [0.1, 0.15) is 29.5 Å². The predicted molar refractivity (Wildman–Crippen MR) is 160 cm³/mol. The number of aromatic hydroxyl groups is 1. The maximum Gasteiger partial charge on any atom is 0.326 e. The summed E-state index contributed by atoms with van der Waals surface area (Å²) in [6.45, 7) is 0. The molecule has 0 fully saturated rings. The molecule has 0 aromatic heterocycles. The van der Waals surface area contributed by atoms with E-state index in [4.69, 9.17) is 5.73 Å². The molecule has 0 aliphatic heterocycles. The summed E-state index contributed by atoms with van der Waals surface area (Å²) in [5.41, 5.74) is 8.06. The Bertz CT molecular complexity index is 1420. The predicted octanol–water partition coefficient (Wildman–Crippen LogP) is 1.15. The molecule has 0 bridgehead atoms. The highest BCUT2D eigenvalue weighted by atomic mass is 16.4. The van der Waals surface area contributed by atoms with Gasteiger partial charge in [-0.3, -0.25) is 19.2 Å². The highest BCUT2D eigenvalue weighted by Gasteiger charge is 2.31. The number of phenolic OH excluding ortho intramolecular Hbond substituents is 1. The zero-order valence-electron chi connectivity index (χ0n) is 23.9. The highest BCUT2D eigenvalue weighted by molar-refractivity contribution is 5.94. The van der Waals surface area contributed by atoms with Gasteiger partial charge in [0, 0.05) is 19.3 Å². The Morgan fingerprint density at radius 3 is 1.57 bits per heavy atom. The van der Waals surface area contributed by atoms with Crippen molar-refractivity contribution >= 4 is 29.7 Å². The van der Waals surface area contributed by atoms with Crippen molar-refractivity contribution in [3.8, 4) is 5.75 Å². The first kappa shape index (κ1) is 33.3. The topological polar surface area (TPSA) is 208 Å². The van der Waals surface area contributed by atoms with Crippen LogP contribution in [-0.4, -0.2) is 69.1 Å². The summed E-state index contributed by atoms with van der Waals surface area (Å²) in [4.78, 5) is 63.1. The maximum atomic E-state index is 13.4. The molecule has 12 nitrogen and oxygen atoms in total. The monoisotopic (exact) mass is 604 g/mol. The molecule has 12 heteroatoms. The van der Waals surface area contributed by atoms with Crippen LogP contribution in [0.5, 0.6) is 5.75 Å². The fraction of sp³-hybridized carbons (Fsp3) is 0.281. The molecule has 0 radical (unpaired) electrons. The van der Waals surface area contributed by atoms with Crippen molar-refractivity contribution in [1.82, 2.24) is 16.0 Å². The van der Waals surface area contributed by atoms with E-state index < -0.39 is 60.2 Å². The van der Waals surface area contributed by atoms with Gasteiger partial charge in [0.1, 0.15) is 23.9 Å². The van der Waals surface area contributed by atoms with Crippen molar-refractivity contribution in [3.05, 3.63) is 102 Å². The van der Waals surface area contributed by atoms with E-state index in [2.05, 4.69) is 16.0 Å². The molecule has 44 heavy (non-hydrogen) atoms. The van der Waals surface area contributed by atoms with E-state index in [1.165, 1.54) is 12.1 Å². The van der Waals surface area contributed by atoms with Crippen molar-refractivity contribution in [2.24, 2.45) is 5.73 Å². The van der Waals surface area contributed by atoms with Gasteiger partial charge in [-0.05, 0) is 41.7 Å². The zero-order valence-corrected chi connectivity index (χ0v) is 23.9. The summed E-state index contributed by atoms with van der Waals surface area (Å²) in [6, 6.07) is 18.5. The number of carbonyl (C=O) groups is 5. The lowest BCUT2D eigenvalue weighted by Crippen LogP contribution is -2.58. The lowest BCUT2D eigenvalue weighted by atomic mass is 10.0. The Morgan fingerprint density at radius 2 is 1.05 bits per heavy atom. The first-order chi connectivity index (χ1) is 21.0. The van der Waals surface area contributed by atoms with Crippen LogP contribution in [0.15, 0.2) is 84.9 Å². The Labute approximate surface area is 254 Å². The summed E-state index contributed by atoms with van der Waals surface area (Å²) in [7, 11) is 0. The molecule has 3 aromatic carbocycles. The largest absolute Gasteiger partial charge is 0.508 e. The Balaban J connectivity index is 1.77. The number of nitrogens with one attached hydrogen (secondary N) is 3. The lowest BCUT2D eigenvalue weighted by molar-refractivity contribution is -0.142. The second kappa shape index (κ2) is 16.4. The summed E-state index contributed by atoms with van der Waals surface area (Å²) in [5.74, 6) is -4.74. The number of carboxylic acids is 2. The summed E-state index contributed by atoms with van der Waals surface area (Å²) in [6.07, 6.45) is -0.667. The van der Waals surface area contributed by atoms with Crippen molar-refractivity contribution < 1.29 is 39.3 Å². The fourth-order valence-corrected chi connectivity index (χ4v) is 4.45. The number of nitrogens with two attached hydrogens (primary N) is 1. The minimum atomic E-state index is -1.35. The molecule has 3 amide bonds. The number of benzene rings is 3. The van der Waals surface area contributed by atoms with Crippen LogP contribution in [0.2, 0.25) is 0 Å². The summed E-state index contributed by atoms with van der Waals surface area (Å²) in [5, 5.41) is 36.1. The lowest BCUT2D eigenvalue weighted by Gasteiger charge is -2.25. The number of aliphatic carboxylic acids is 2. The molecule has 8 N–H and O–H groups in total. The second-order valence-electron chi connectivity index (χ2n) is 10.3. The van der Waals surface area contributed by atoms with Gasteiger partial charge < -0.3 is 37.0 Å². The molecular formula is C32H36N4O8. The highest BCUT2D eigenvalue weighted by Crippen LogP contribution is 2.12. The average Bonchev–Trinajstić information content (AvgIpc) is 3.00. The first-order valence-electron chi connectivity index (χ1n) is 14.0.